The lowest BCUT2D eigenvalue weighted by atomic mass is 10.0. The zero-order valence-corrected chi connectivity index (χ0v) is 11.9. The van der Waals surface area contributed by atoms with Crippen LogP contribution in [0.25, 0.3) is 0 Å². The highest BCUT2D eigenvalue weighted by atomic mass is 35.5. The summed E-state index contributed by atoms with van der Waals surface area (Å²) < 4.78 is 5.99. The van der Waals surface area contributed by atoms with Crippen LogP contribution in [0.3, 0.4) is 0 Å². The monoisotopic (exact) mass is 275 g/mol. The van der Waals surface area contributed by atoms with Crippen LogP contribution >= 0.6 is 11.6 Å². The van der Waals surface area contributed by atoms with Crippen molar-refractivity contribution in [2.45, 2.75) is 26.0 Å². The summed E-state index contributed by atoms with van der Waals surface area (Å²) >= 11 is 6.22. The Hall–Kier alpha value is -1.51. The van der Waals surface area contributed by atoms with Gasteiger partial charge in [-0.1, -0.05) is 47.5 Å². The first-order chi connectivity index (χ1) is 9.08. The topological polar surface area (TPSA) is 35.2 Å². The average Bonchev–Trinajstić information content (AvgIpc) is 2.39. The van der Waals surface area contributed by atoms with Gasteiger partial charge >= 0.3 is 0 Å². The van der Waals surface area contributed by atoms with E-state index in [9.17, 15) is 0 Å². The summed E-state index contributed by atoms with van der Waals surface area (Å²) in [5, 5.41) is 0.678. The van der Waals surface area contributed by atoms with Crippen LogP contribution in [0.4, 0.5) is 0 Å². The Morgan fingerprint density at radius 2 is 1.68 bits per heavy atom. The normalized spacial score (nSPS) is 13.9. The Bertz CT molecular complexity index is 537. The lowest BCUT2D eigenvalue weighted by molar-refractivity contribution is 0.180. The van der Waals surface area contributed by atoms with Gasteiger partial charge in [0.1, 0.15) is 11.9 Å². The zero-order valence-electron chi connectivity index (χ0n) is 11.1. The minimum Gasteiger partial charge on any atom is -0.484 e. The molecule has 2 nitrogen and oxygen atoms in total. The molecule has 100 valence electrons. The van der Waals surface area contributed by atoms with Crippen molar-refractivity contribution in [2.75, 3.05) is 0 Å². The first kappa shape index (κ1) is 13.9. The van der Waals surface area contributed by atoms with E-state index < -0.39 is 0 Å². The van der Waals surface area contributed by atoms with E-state index in [0.717, 1.165) is 11.3 Å². The van der Waals surface area contributed by atoms with Crippen molar-refractivity contribution in [3.8, 4) is 5.75 Å². The van der Waals surface area contributed by atoms with E-state index >= 15 is 0 Å². The summed E-state index contributed by atoms with van der Waals surface area (Å²) in [6, 6.07) is 15.4. The summed E-state index contributed by atoms with van der Waals surface area (Å²) in [4.78, 5) is 0. The number of rotatable bonds is 4. The maximum absolute atomic E-state index is 6.22. The first-order valence-electron chi connectivity index (χ1n) is 6.31. The number of nitrogens with two attached hydrogens (primary N) is 1. The minimum atomic E-state index is -0.253. The average molecular weight is 276 g/mol. The highest BCUT2D eigenvalue weighted by Crippen LogP contribution is 2.29. The molecule has 0 aliphatic carbocycles. The molecule has 19 heavy (non-hydrogen) atoms. The third-order valence-electron chi connectivity index (χ3n) is 2.97. The Labute approximate surface area is 119 Å². The molecule has 0 bridgehead atoms. The Balaban J connectivity index is 2.27. The summed E-state index contributed by atoms with van der Waals surface area (Å²) in [6.45, 7) is 3.96. The molecule has 0 aliphatic rings. The van der Waals surface area contributed by atoms with E-state index in [1.807, 2.05) is 62.4 Å². The third kappa shape index (κ3) is 3.49. The van der Waals surface area contributed by atoms with Gasteiger partial charge < -0.3 is 10.5 Å². The molecular weight excluding hydrogens is 258 g/mol. The molecule has 0 radical (unpaired) electrons. The zero-order chi connectivity index (χ0) is 13.8. The Morgan fingerprint density at radius 1 is 1.05 bits per heavy atom. The largest absolute Gasteiger partial charge is 0.484 e. The van der Waals surface area contributed by atoms with E-state index in [1.165, 1.54) is 5.56 Å². The molecule has 0 aliphatic heterocycles. The number of hydrogen-bond acceptors (Lipinski definition) is 2. The third-order valence-corrected chi connectivity index (χ3v) is 3.32. The van der Waals surface area contributed by atoms with Crippen LogP contribution in [0.15, 0.2) is 48.5 Å². The predicted molar refractivity (Wildman–Crippen MR) is 79.6 cm³/mol. The molecule has 2 aromatic carbocycles. The molecule has 0 fully saturated rings. The first-order valence-corrected chi connectivity index (χ1v) is 6.69. The number of benzene rings is 2. The summed E-state index contributed by atoms with van der Waals surface area (Å²) in [5.41, 5.74) is 8.14. The molecule has 0 heterocycles. The summed E-state index contributed by atoms with van der Waals surface area (Å²) in [5.74, 6) is 0.799. The standard InChI is InChI=1S/C16H18ClNO/c1-11-7-9-13(10-8-11)19-16(12(2)18)14-5-3-4-6-15(14)17/h3-10,12,16H,18H2,1-2H3. The quantitative estimate of drug-likeness (QED) is 0.911. The van der Waals surface area contributed by atoms with Gasteiger partial charge in [-0.15, -0.1) is 0 Å². The smallest absolute Gasteiger partial charge is 0.140 e. The van der Waals surface area contributed by atoms with Gasteiger partial charge in [-0.25, -0.2) is 0 Å². The van der Waals surface area contributed by atoms with Crippen LogP contribution in [0.5, 0.6) is 5.75 Å². The molecular formula is C16H18ClNO. The van der Waals surface area contributed by atoms with Gasteiger partial charge in [0.15, 0.2) is 0 Å². The van der Waals surface area contributed by atoms with Gasteiger partial charge in [-0.3, -0.25) is 0 Å². The molecule has 0 amide bonds. The highest BCUT2D eigenvalue weighted by molar-refractivity contribution is 6.31. The number of aryl methyl sites for hydroxylation is 1. The molecule has 0 saturated carbocycles. The Morgan fingerprint density at radius 3 is 2.26 bits per heavy atom. The number of hydrogen-bond donors (Lipinski definition) is 1. The van der Waals surface area contributed by atoms with Crippen molar-refractivity contribution in [2.24, 2.45) is 5.73 Å². The second-order valence-corrected chi connectivity index (χ2v) is 5.14. The van der Waals surface area contributed by atoms with E-state index in [2.05, 4.69) is 0 Å². The van der Waals surface area contributed by atoms with Crippen LogP contribution < -0.4 is 10.5 Å². The molecule has 2 aromatic rings. The molecule has 3 heteroatoms. The molecule has 2 atom stereocenters. The summed E-state index contributed by atoms with van der Waals surface area (Å²) in [6.07, 6.45) is -0.253. The SMILES string of the molecule is Cc1ccc(OC(c2ccccc2Cl)C(C)N)cc1. The molecule has 0 aromatic heterocycles. The maximum Gasteiger partial charge on any atom is 0.140 e. The second kappa shape index (κ2) is 6.09. The Kier molecular flexibility index (Phi) is 4.46. The van der Waals surface area contributed by atoms with E-state index in [-0.39, 0.29) is 12.1 Å². The summed E-state index contributed by atoms with van der Waals surface area (Å²) in [7, 11) is 0. The van der Waals surface area contributed by atoms with Crippen LogP contribution in [0.2, 0.25) is 5.02 Å². The molecule has 2 unspecified atom stereocenters. The second-order valence-electron chi connectivity index (χ2n) is 4.73. The maximum atomic E-state index is 6.22. The predicted octanol–water partition coefficient (Wildman–Crippen LogP) is 4.12. The molecule has 0 spiro atoms. The fourth-order valence-corrected chi connectivity index (χ4v) is 2.17. The fraction of sp³-hybridized carbons (Fsp3) is 0.250. The van der Waals surface area contributed by atoms with Gasteiger partial charge in [0.2, 0.25) is 0 Å². The van der Waals surface area contributed by atoms with Gasteiger partial charge in [-0.05, 0) is 32.0 Å². The van der Waals surface area contributed by atoms with Crippen molar-refractivity contribution in [3.63, 3.8) is 0 Å². The van der Waals surface area contributed by atoms with Crippen molar-refractivity contribution in [1.82, 2.24) is 0 Å². The van der Waals surface area contributed by atoms with Gasteiger partial charge in [0.25, 0.3) is 0 Å². The highest BCUT2D eigenvalue weighted by Gasteiger charge is 2.20. The van der Waals surface area contributed by atoms with E-state index in [1.54, 1.807) is 0 Å². The molecule has 0 saturated heterocycles. The van der Waals surface area contributed by atoms with E-state index in [4.69, 9.17) is 22.1 Å². The fourth-order valence-electron chi connectivity index (χ4n) is 1.92. The van der Waals surface area contributed by atoms with Crippen molar-refractivity contribution >= 4 is 11.6 Å². The van der Waals surface area contributed by atoms with E-state index in [0.29, 0.717) is 5.02 Å². The van der Waals surface area contributed by atoms with Crippen molar-refractivity contribution in [1.29, 1.82) is 0 Å². The van der Waals surface area contributed by atoms with Crippen LogP contribution in [0, 0.1) is 6.92 Å². The van der Waals surface area contributed by atoms with Crippen molar-refractivity contribution in [3.05, 3.63) is 64.7 Å². The van der Waals surface area contributed by atoms with Gasteiger partial charge in [-0.2, -0.15) is 0 Å². The van der Waals surface area contributed by atoms with Crippen LogP contribution in [0.1, 0.15) is 24.2 Å². The lowest BCUT2D eigenvalue weighted by Gasteiger charge is -2.24. The van der Waals surface area contributed by atoms with Crippen LogP contribution in [-0.2, 0) is 0 Å². The van der Waals surface area contributed by atoms with Gasteiger partial charge in [0, 0.05) is 16.6 Å². The lowest BCUT2D eigenvalue weighted by Crippen LogP contribution is -2.29. The molecule has 2 rings (SSSR count). The van der Waals surface area contributed by atoms with Crippen LogP contribution in [-0.4, -0.2) is 6.04 Å². The van der Waals surface area contributed by atoms with Gasteiger partial charge in [0.05, 0.1) is 0 Å². The minimum absolute atomic E-state index is 0.152. The van der Waals surface area contributed by atoms with Crippen molar-refractivity contribution < 1.29 is 4.74 Å². The number of ether oxygens (including phenoxy) is 1. The molecule has 2 N–H and O–H groups in total. The number of halogens is 1.